The second-order valence-corrected chi connectivity index (χ2v) is 8.56. The highest BCUT2D eigenvalue weighted by molar-refractivity contribution is 14.1. The summed E-state index contributed by atoms with van der Waals surface area (Å²) < 4.78 is 0.999. The number of nitrogens with one attached hydrogen (secondary N) is 1. The molecule has 26 heavy (non-hydrogen) atoms. The van der Waals surface area contributed by atoms with E-state index < -0.39 is 0 Å². The van der Waals surface area contributed by atoms with Crippen molar-refractivity contribution in [3.8, 4) is 0 Å². The lowest BCUT2D eigenvalue weighted by atomic mass is 10.1. The average Bonchev–Trinajstić information content (AvgIpc) is 3.12. The number of thiophene rings is 1. The molecule has 1 aromatic heterocycles. The first-order valence-corrected chi connectivity index (χ1v) is 10.5. The number of benzene rings is 2. The Morgan fingerprint density at radius 1 is 1.15 bits per heavy atom. The number of fused-ring (bicyclic) bond motifs is 1. The highest BCUT2D eigenvalue weighted by Crippen LogP contribution is 2.28. The number of rotatable bonds is 3. The molecule has 0 radical (unpaired) electrons. The number of hydrogen-bond donors (Lipinski definition) is 1. The maximum Gasteiger partial charge on any atom is 0.256 e. The fourth-order valence-corrected chi connectivity index (χ4v) is 4.74. The van der Waals surface area contributed by atoms with Gasteiger partial charge < -0.3 is 10.2 Å². The maximum atomic E-state index is 12.6. The van der Waals surface area contributed by atoms with E-state index in [1.54, 1.807) is 0 Å². The number of nitrogens with zero attached hydrogens (tertiary/aromatic N) is 1. The van der Waals surface area contributed by atoms with Crippen molar-refractivity contribution in [3.05, 3.63) is 79.0 Å². The molecule has 4 rings (SSSR count). The van der Waals surface area contributed by atoms with Crippen LogP contribution in [0, 0.1) is 10.5 Å². The number of carbonyl (C=O) groups excluding carboxylic acids is 1. The Balaban J connectivity index is 1.46. The Bertz CT molecular complexity index is 949. The highest BCUT2D eigenvalue weighted by atomic mass is 127. The molecule has 0 bridgehead atoms. The molecule has 0 fully saturated rings. The van der Waals surface area contributed by atoms with E-state index in [-0.39, 0.29) is 5.91 Å². The van der Waals surface area contributed by atoms with Crippen LogP contribution in [0.3, 0.4) is 0 Å². The van der Waals surface area contributed by atoms with Crippen molar-refractivity contribution in [2.75, 3.05) is 16.8 Å². The van der Waals surface area contributed by atoms with Crippen molar-refractivity contribution in [3.63, 3.8) is 0 Å². The van der Waals surface area contributed by atoms with Gasteiger partial charge in [-0.25, -0.2) is 0 Å². The summed E-state index contributed by atoms with van der Waals surface area (Å²) in [6.07, 6.45) is 1.11. The van der Waals surface area contributed by atoms with Gasteiger partial charge >= 0.3 is 0 Å². The molecular weight excluding hydrogens is 455 g/mol. The van der Waals surface area contributed by atoms with E-state index in [0.29, 0.717) is 0 Å². The Labute approximate surface area is 171 Å². The van der Waals surface area contributed by atoms with E-state index in [0.717, 1.165) is 39.9 Å². The topological polar surface area (TPSA) is 32.3 Å². The van der Waals surface area contributed by atoms with Gasteiger partial charge in [-0.1, -0.05) is 12.1 Å². The lowest BCUT2D eigenvalue weighted by Crippen LogP contribution is -2.29. The summed E-state index contributed by atoms with van der Waals surface area (Å²) in [5, 5.41) is 5.19. The fraction of sp³-hybridized carbons (Fsp3) is 0.190. The number of hydrogen-bond acceptors (Lipinski definition) is 3. The van der Waals surface area contributed by atoms with Crippen molar-refractivity contribution in [1.82, 2.24) is 0 Å². The molecule has 1 aliphatic heterocycles. The molecule has 0 saturated carbocycles. The van der Waals surface area contributed by atoms with Crippen LogP contribution in [0.5, 0.6) is 0 Å². The number of amides is 1. The standard InChI is InChI=1S/C21H19IN2OS/c1-14-3-2-4-18(20(14)22)21(25)23-16-5-7-17(8-6-16)24-11-9-19-15(13-24)10-12-26-19/h2-8,10,12H,9,11,13H2,1H3,(H,23,25). The van der Waals surface area contributed by atoms with Crippen molar-refractivity contribution < 1.29 is 4.79 Å². The third kappa shape index (κ3) is 3.50. The lowest BCUT2D eigenvalue weighted by molar-refractivity contribution is 0.102. The quantitative estimate of drug-likeness (QED) is 0.511. The summed E-state index contributed by atoms with van der Waals surface area (Å²) in [7, 11) is 0. The zero-order chi connectivity index (χ0) is 18.1. The number of anilines is 2. The molecule has 0 unspecified atom stereocenters. The molecule has 0 spiro atoms. The fourth-order valence-electron chi connectivity index (χ4n) is 3.25. The predicted octanol–water partition coefficient (Wildman–Crippen LogP) is 5.48. The molecule has 132 valence electrons. The molecule has 0 saturated heterocycles. The van der Waals surface area contributed by atoms with Crippen molar-refractivity contribution >= 4 is 51.2 Å². The molecule has 1 amide bonds. The Morgan fingerprint density at radius 3 is 2.77 bits per heavy atom. The Kier molecular flexibility index (Phi) is 5.00. The van der Waals surface area contributed by atoms with Crippen LogP contribution in [0.4, 0.5) is 11.4 Å². The summed E-state index contributed by atoms with van der Waals surface area (Å²) >= 11 is 4.09. The summed E-state index contributed by atoms with van der Waals surface area (Å²) in [5.74, 6) is -0.0632. The van der Waals surface area contributed by atoms with Gasteiger partial charge in [0.1, 0.15) is 0 Å². The van der Waals surface area contributed by atoms with Gasteiger partial charge in [-0.15, -0.1) is 11.3 Å². The van der Waals surface area contributed by atoms with Gasteiger partial charge in [0.25, 0.3) is 5.91 Å². The third-order valence-corrected chi connectivity index (χ3v) is 7.19. The normalized spacial score (nSPS) is 13.4. The van der Waals surface area contributed by atoms with Crippen LogP contribution < -0.4 is 10.2 Å². The summed E-state index contributed by atoms with van der Waals surface area (Å²) in [6.45, 7) is 4.03. The zero-order valence-corrected chi connectivity index (χ0v) is 17.4. The third-order valence-electron chi connectivity index (χ3n) is 4.73. The van der Waals surface area contributed by atoms with E-state index >= 15 is 0 Å². The van der Waals surface area contributed by atoms with E-state index in [1.807, 2.05) is 48.6 Å². The largest absolute Gasteiger partial charge is 0.367 e. The van der Waals surface area contributed by atoms with Gasteiger partial charge in [0.05, 0.1) is 5.56 Å². The van der Waals surface area contributed by atoms with E-state index in [4.69, 9.17) is 0 Å². The van der Waals surface area contributed by atoms with Gasteiger partial charge in [-0.05, 0) is 88.8 Å². The monoisotopic (exact) mass is 474 g/mol. The molecule has 1 aliphatic rings. The number of carbonyl (C=O) groups is 1. The smallest absolute Gasteiger partial charge is 0.256 e. The second-order valence-electron chi connectivity index (χ2n) is 6.48. The Hall–Kier alpha value is -1.86. The van der Waals surface area contributed by atoms with Gasteiger partial charge in [0, 0.05) is 32.9 Å². The van der Waals surface area contributed by atoms with Crippen molar-refractivity contribution in [2.24, 2.45) is 0 Å². The van der Waals surface area contributed by atoms with Gasteiger partial charge in [0.2, 0.25) is 0 Å². The maximum absolute atomic E-state index is 12.6. The molecule has 3 nitrogen and oxygen atoms in total. The Morgan fingerprint density at radius 2 is 1.96 bits per heavy atom. The highest BCUT2D eigenvalue weighted by Gasteiger charge is 2.17. The zero-order valence-electron chi connectivity index (χ0n) is 14.5. The molecule has 3 aromatic rings. The molecule has 2 heterocycles. The predicted molar refractivity (Wildman–Crippen MR) is 117 cm³/mol. The van der Waals surface area contributed by atoms with Gasteiger partial charge in [-0.2, -0.15) is 0 Å². The van der Waals surface area contributed by atoms with Crippen LogP contribution >= 0.6 is 33.9 Å². The first kappa shape index (κ1) is 17.5. The minimum absolute atomic E-state index is 0.0632. The van der Waals surface area contributed by atoms with E-state index in [2.05, 4.69) is 56.4 Å². The molecule has 0 aliphatic carbocycles. The van der Waals surface area contributed by atoms with E-state index in [1.165, 1.54) is 16.1 Å². The first-order chi connectivity index (χ1) is 12.6. The van der Waals surface area contributed by atoms with Gasteiger partial charge in [0.15, 0.2) is 0 Å². The van der Waals surface area contributed by atoms with Crippen LogP contribution in [0.15, 0.2) is 53.9 Å². The second kappa shape index (κ2) is 7.40. The minimum Gasteiger partial charge on any atom is -0.367 e. The average molecular weight is 474 g/mol. The van der Waals surface area contributed by atoms with Crippen LogP contribution in [0.1, 0.15) is 26.4 Å². The van der Waals surface area contributed by atoms with Crippen LogP contribution in [-0.4, -0.2) is 12.5 Å². The minimum atomic E-state index is -0.0632. The number of aryl methyl sites for hydroxylation is 1. The van der Waals surface area contributed by atoms with Gasteiger partial charge in [-0.3, -0.25) is 4.79 Å². The van der Waals surface area contributed by atoms with Crippen LogP contribution in [0.2, 0.25) is 0 Å². The summed E-state index contributed by atoms with van der Waals surface area (Å²) in [6, 6.07) is 16.2. The van der Waals surface area contributed by atoms with Crippen LogP contribution in [-0.2, 0) is 13.0 Å². The molecular formula is C21H19IN2OS. The number of halogens is 1. The summed E-state index contributed by atoms with van der Waals surface area (Å²) in [4.78, 5) is 16.5. The molecule has 1 N–H and O–H groups in total. The SMILES string of the molecule is Cc1cccc(C(=O)Nc2ccc(N3CCc4sccc4C3)cc2)c1I. The van der Waals surface area contributed by atoms with Crippen molar-refractivity contribution in [1.29, 1.82) is 0 Å². The molecule has 5 heteroatoms. The van der Waals surface area contributed by atoms with E-state index in [9.17, 15) is 4.79 Å². The summed E-state index contributed by atoms with van der Waals surface area (Å²) in [5.41, 5.74) is 5.30. The van der Waals surface area contributed by atoms with Crippen molar-refractivity contribution in [2.45, 2.75) is 19.9 Å². The molecule has 2 aromatic carbocycles. The first-order valence-electron chi connectivity index (χ1n) is 8.58. The van der Waals surface area contributed by atoms with Crippen LogP contribution in [0.25, 0.3) is 0 Å². The molecule has 0 atom stereocenters. The lowest BCUT2D eigenvalue weighted by Gasteiger charge is -2.29.